The van der Waals surface area contributed by atoms with Crippen molar-refractivity contribution in [2.45, 2.75) is 32.9 Å². The Kier molecular flexibility index (Phi) is 4.59. The van der Waals surface area contributed by atoms with Crippen molar-refractivity contribution in [3.63, 3.8) is 0 Å². The summed E-state index contributed by atoms with van der Waals surface area (Å²) in [4.78, 5) is 6.73. The minimum Gasteiger partial charge on any atom is -0.325 e. The highest BCUT2D eigenvalue weighted by Gasteiger charge is 2.21. The molecule has 0 radical (unpaired) electrons. The summed E-state index contributed by atoms with van der Waals surface area (Å²) in [6.45, 7) is 4.55. The largest absolute Gasteiger partial charge is 0.325 e. The van der Waals surface area contributed by atoms with E-state index in [-0.39, 0.29) is 17.8 Å². The van der Waals surface area contributed by atoms with Gasteiger partial charge >= 0.3 is 0 Å². The van der Waals surface area contributed by atoms with Gasteiger partial charge < -0.3 is 4.57 Å². The number of imidazole rings is 1. The normalized spacial score (nSPS) is 14.3. The fraction of sp³-hybridized carbons (Fsp3) is 0.500. The molecular weight excluding hydrogens is 267 g/mol. The molecule has 0 amide bonds. The maximum Gasteiger partial charge on any atom is 0.127 e. The quantitative estimate of drug-likeness (QED) is 0.847. The van der Waals surface area contributed by atoms with E-state index in [0.29, 0.717) is 12.1 Å². The first kappa shape index (κ1) is 15.5. The Morgan fingerprint density at radius 3 is 2.71 bits per heavy atom. The second kappa shape index (κ2) is 6.23. The summed E-state index contributed by atoms with van der Waals surface area (Å²) >= 11 is 0. The van der Waals surface area contributed by atoms with Gasteiger partial charge in [-0.3, -0.25) is 4.90 Å². The Hall–Kier alpha value is -1.93. The molecule has 0 aliphatic rings. The van der Waals surface area contributed by atoms with Crippen molar-refractivity contribution >= 4 is 11.0 Å². The van der Waals surface area contributed by atoms with Crippen LogP contribution in [0.2, 0.25) is 0 Å². The van der Waals surface area contributed by atoms with Crippen LogP contribution in [0.1, 0.15) is 32.1 Å². The molecule has 1 aromatic carbocycles. The third-order valence-corrected chi connectivity index (χ3v) is 3.72. The molecule has 0 fully saturated rings. The molecule has 0 N–H and O–H groups in total. The number of benzene rings is 1. The van der Waals surface area contributed by atoms with Crippen LogP contribution in [-0.4, -0.2) is 28.5 Å². The lowest BCUT2D eigenvalue weighted by atomic mass is 10.1. The minimum atomic E-state index is -0.287. The van der Waals surface area contributed by atoms with Crippen molar-refractivity contribution < 1.29 is 4.39 Å². The van der Waals surface area contributed by atoms with Crippen molar-refractivity contribution in [3.05, 3.63) is 29.8 Å². The first-order valence-electron chi connectivity index (χ1n) is 7.19. The van der Waals surface area contributed by atoms with Gasteiger partial charge in [-0.1, -0.05) is 6.92 Å². The van der Waals surface area contributed by atoms with Crippen LogP contribution in [0.3, 0.4) is 0 Å². The van der Waals surface area contributed by atoms with E-state index in [9.17, 15) is 4.39 Å². The molecule has 1 heterocycles. The van der Waals surface area contributed by atoms with E-state index in [1.807, 2.05) is 21.0 Å². The van der Waals surface area contributed by atoms with Crippen molar-refractivity contribution in [1.82, 2.24) is 14.5 Å². The van der Waals surface area contributed by atoms with E-state index in [1.54, 1.807) is 6.07 Å². The van der Waals surface area contributed by atoms with Crippen molar-refractivity contribution in [3.8, 4) is 6.07 Å². The van der Waals surface area contributed by atoms with E-state index >= 15 is 0 Å². The number of halogens is 1. The van der Waals surface area contributed by atoms with Gasteiger partial charge in [0.25, 0.3) is 0 Å². The summed E-state index contributed by atoms with van der Waals surface area (Å²) in [6.07, 6.45) is 0.903. The Balaban J connectivity index is 2.61. The molecule has 0 saturated heterocycles. The van der Waals surface area contributed by atoms with Crippen LogP contribution < -0.4 is 0 Å². The molecule has 2 aromatic rings. The third-order valence-electron chi connectivity index (χ3n) is 3.72. The van der Waals surface area contributed by atoms with Crippen molar-refractivity contribution in [1.29, 1.82) is 5.26 Å². The Labute approximate surface area is 124 Å². The molecule has 2 atom stereocenters. The van der Waals surface area contributed by atoms with Crippen LogP contribution in [0.25, 0.3) is 11.0 Å². The highest BCUT2D eigenvalue weighted by molar-refractivity contribution is 5.76. The molecule has 0 spiro atoms. The predicted octanol–water partition coefficient (Wildman–Crippen LogP) is 3.35. The minimum absolute atomic E-state index is 0.120. The summed E-state index contributed by atoms with van der Waals surface area (Å²) in [5, 5.41) is 9.09. The number of hydrogen-bond acceptors (Lipinski definition) is 3. The van der Waals surface area contributed by atoms with Crippen molar-refractivity contribution in [2.24, 2.45) is 5.92 Å². The lowest BCUT2D eigenvalue weighted by Crippen LogP contribution is -2.24. The number of fused-ring (bicyclic) bond motifs is 1. The van der Waals surface area contributed by atoms with E-state index in [2.05, 4.69) is 27.4 Å². The fourth-order valence-electron chi connectivity index (χ4n) is 2.66. The fourth-order valence-corrected chi connectivity index (χ4v) is 2.66. The van der Waals surface area contributed by atoms with Gasteiger partial charge in [0.15, 0.2) is 0 Å². The van der Waals surface area contributed by atoms with Gasteiger partial charge in [0.05, 0.1) is 29.1 Å². The maximum atomic E-state index is 13.4. The van der Waals surface area contributed by atoms with Gasteiger partial charge in [-0.2, -0.15) is 5.26 Å². The zero-order valence-electron chi connectivity index (χ0n) is 13.0. The monoisotopic (exact) mass is 288 g/mol. The lowest BCUT2D eigenvalue weighted by Gasteiger charge is -2.23. The molecule has 21 heavy (non-hydrogen) atoms. The van der Waals surface area contributed by atoms with Gasteiger partial charge in [0.1, 0.15) is 11.6 Å². The van der Waals surface area contributed by atoms with Crippen LogP contribution in [0.5, 0.6) is 0 Å². The SMILES string of the molecule is CCC(c1nc2cc(F)ccc2n1CC(C)C#N)N(C)C. The van der Waals surface area contributed by atoms with Gasteiger partial charge in [-0.05, 0) is 39.6 Å². The average Bonchev–Trinajstić information content (AvgIpc) is 2.76. The molecule has 2 rings (SSSR count). The summed E-state index contributed by atoms with van der Waals surface area (Å²) in [6, 6.07) is 7.04. The molecule has 2 unspecified atom stereocenters. The summed E-state index contributed by atoms with van der Waals surface area (Å²) in [5.41, 5.74) is 1.53. The molecular formula is C16H21FN4. The van der Waals surface area contributed by atoms with Crippen LogP contribution in [-0.2, 0) is 6.54 Å². The lowest BCUT2D eigenvalue weighted by molar-refractivity contribution is 0.272. The zero-order valence-corrected chi connectivity index (χ0v) is 13.0. The first-order valence-corrected chi connectivity index (χ1v) is 7.19. The molecule has 5 heteroatoms. The molecule has 0 saturated carbocycles. The van der Waals surface area contributed by atoms with Crippen LogP contribution in [0, 0.1) is 23.1 Å². The molecule has 112 valence electrons. The van der Waals surface area contributed by atoms with Gasteiger partial charge in [-0.25, -0.2) is 9.37 Å². The highest BCUT2D eigenvalue weighted by Crippen LogP contribution is 2.27. The first-order chi connectivity index (χ1) is 9.97. The molecule has 0 aliphatic heterocycles. The topological polar surface area (TPSA) is 44.9 Å². The molecule has 0 aliphatic carbocycles. The number of nitriles is 1. The Morgan fingerprint density at radius 1 is 1.43 bits per heavy atom. The summed E-state index contributed by atoms with van der Waals surface area (Å²) in [7, 11) is 4.01. The third kappa shape index (κ3) is 3.06. The van der Waals surface area contributed by atoms with E-state index in [4.69, 9.17) is 5.26 Å². The number of aromatic nitrogens is 2. The van der Waals surface area contributed by atoms with Gasteiger partial charge in [0.2, 0.25) is 0 Å². The Bertz CT molecular complexity index is 669. The van der Waals surface area contributed by atoms with E-state index < -0.39 is 0 Å². The molecule has 0 bridgehead atoms. The van der Waals surface area contributed by atoms with E-state index in [1.165, 1.54) is 12.1 Å². The van der Waals surface area contributed by atoms with Crippen molar-refractivity contribution in [2.75, 3.05) is 14.1 Å². The molecule has 4 nitrogen and oxygen atoms in total. The van der Waals surface area contributed by atoms with Crippen LogP contribution in [0.15, 0.2) is 18.2 Å². The van der Waals surface area contributed by atoms with Gasteiger partial charge in [-0.15, -0.1) is 0 Å². The standard InChI is InChI=1S/C16H21FN4/c1-5-14(20(3)4)16-19-13-8-12(17)6-7-15(13)21(16)10-11(2)9-18/h6-8,11,14H,5,10H2,1-4H3. The second-order valence-electron chi connectivity index (χ2n) is 5.63. The molecule has 1 aromatic heterocycles. The number of nitrogens with zero attached hydrogens (tertiary/aromatic N) is 4. The predicted molar refractivity (Wildman–Crippen MR) is 81.2 cm³/mol. The van der Waals surface area contributed by atoms with Gasteiger partial charge in [0, 0.05) is 12.6 Å². The van der Waals surface area contributed by atoms with E-state index in [0.717, 1.165) is 17.8 Å². The second-order valence-corrected chi connectivity index (χ2v) is 5.63. The van der Waals surface area contributed by atoms with Crippen LogP contribution >= 0.6 is 0 Å². The smallest absolute Gasteiger partial charge is 0.127 e. The number of hydrogen-bond donors (Lipinski definition) is 0. The zero-order chi connectivity index (χ0) is 15.6. The average molecular weight is 288 g/mol. The van der Waals surface area contributed by atoms with Crippen LogP contribution in [0.4, 0.5) is 4.39 Å². The number of rotatable bonds is 5. The summed E-state index contributed by atoms with van der Waals surface area (Å²) < 4.78 is 15.5. The Morgan fingerprint density at radius 2 is 2.14 bits per heavy atom. The summed E-state index contributed by atoms with van der Waals surface area (Å²) in [5.74, 6) is 0.487. The maximum absolute atomic E-state index is 13.4. The highest BCUT2D eigenvalue weighted by atomic mass is 19.1.